The first-order valence-corrected chi connectivity index (χ1v) is 9.23. The summed E-state index contributed by atoms with van der Waals surface area (Å²) >= 11 is 2.12. The van der Waals surface area contributed by atoms with Gasteiger partial charge < -0.3 is 9.47 Å². The molecule has 0 unspecified atom stereocenters. The van der Waals surface area contributed by atoms with Crippen LogP contribution in [0.25, 0.3) is 6.08 Å². The third-order valence-corrected chi connectivity index (χ3v) is 4.75. The molecule has 0 saturated carbocycles. The number of carbonyl (C=O) groups excluding carboxylic acids is 2. The maximum Gasteiger partial charge on any atom is 0.343 e. The number of amides is 1. The quantitative estimate of drug-likeness (QED) is 0.376. The normalized spacial score (nSPS) is 15.1. The first-order chi connectivity index (χ1) is 13.0. The number of hydrogen-bond donors (Lipinski definition) is 0. The third kappa shape index (κ3) is 4.36. The fourth-order valence-electron chi connectivity index (χ4n) is 2.51. The Hall–Kier alpha value is -2.68. The van der Waals surface area contributed by atoms with Gasteiger partial charge >= 0.3 is 5.97 Å². The number of benzene rings is 2. The molecule has 0 aliphatic carbocycles. The lowest BCUT2D eigenvalue weighted by Gasteiger charge is -2.11. The van der Waals surface area contributed by atoms with Crippen molar-refractivity contribution >= 4 is 51.9 Å². The van der Waals surface area contributed by atoms with Crippen molar-refractivity contribution in [1.29, 1.82) is 0 Å². The Labute approximate surface area is 170 Å². The molecule has 1 aliphatic rings. The predicted octanol–water partition coefficient (Wildman–Crippen LogP) is 3.65. The van der Waals surface area contributed by atoms with Crippen LogP contribution in [0.3, 0.4) is 0 Å². The molecule has 3 rings (SSSR count). The number of carbonyl (C=O) groups is 2. The van der Waals surface area contributed by atoms with Crippen LogP contribution >= 0.6 is 22.6 Å². The monoisotopic (exact) mass is 476 g/mol. The molecule has 0 aromatic heterocycles. The second-order valence-corrected chi connectivity index (χ2v) is 6.91. The van der Waals surface area contributed by atoms with Gasteiger partial charge in [0.15, 0.2) is 6.61 Å². The van der Waals surface area contributed by atoms with E-state index in [0.29, 0.717) is 17.0 Å². The SMILES string of the molecule is COC(=O)COc1ccc(/C=C2/C(=O)N(c3ccccc3)N=C2C)cc1I. The molecule has 138 valence electrons. The second-order valence-electron chi connectivity index (χ2n) is 5.75. The van der Waals surface area contributed by atoms with Gasteiger partial charge in [-0.3, -0.25) is 4.79 Å². The van der Waals surface area contributed by atoms with Gasteiger partial charge in [-0.25, -0.2) is 4.79 Å². The number of anilines is 1. The van der Waals surface area contributed by atoms with Gasteiger partial charge in [-0.05, 0) is 65.4 Å². The van der Waals surface area contributed by atoms with Crippen LogP contribution in [0.15, 0.2) is 59.2 Å². The van der Waals surface area contributed by atoms with Crippen LogP contribution in [0, 0.1) is 3.57 Å². The minimum absolute atomic E-state index is 0.150. The summed E-state index contributed by atoms with van der Waals surface area (Å²) in [5, 5.41) is 5.77. The summed E-state index contributed by atoms with van der Waals surface area (Å²) in [5.41, 5.74) is 2.77. The number of hydrogen-bond acceptors (Lipinski definition) is 5. The lowest BCUT2D eigenvalue weighted by Crippen LogP contribution is -2.21. The Morgan fingerprint density at radius 3 is 2.63 bits per heavy atom. The summed E-state index contributed by atoms with van der Waals surface area (Å²) < 4.78 is 10.8. The molecule has 1 amide bonds. The Morgan fingerprint density at radius 2 is 1.96 bits per heavy atom. The number of nitrogens with zero attached hydrogens (tertiary/aromatic N) is 2. The third-order valence-electron chi connectivity index (χ3n) is 3.90. The number of rotatable bonds is 5. The second kappa shape index (κ2) is 8.34. The highest BCUT2D eigenvalue weighted by Crippen LogP contribution is 2.27. The summed E-state index contributed by atoms with van der Waals surface area (Å²) in [6.07, 6.45) is 1.80. The van der Waals surface area contributed by atoms with Gasteiger partial charge in [-0.1, -0.05) is 24.3 Å². The van der Waals surface area contributed by atoms with Crippen molar-refractivity contribution < 1.29 is 19.1 Å². The highest BCUT2D eigenvalue weighted by Gasteiger charge is 2.28. The molecular formula is C20H17IN2O4. The van der Waals surface area contributed by atoms with Gasteiger partial charge in [0.2, 0.25) is 0 Å². The van der Waals surface area contributed by atoms with Gasteiger partial charge in [-0.15, -0.1) is 0 Å². The van der Waals surface area contributed by atoms with Crippen molar-refractivity contribution in [3.8, 4) is 5.75 Å². The number of para-hydroxylation sites is 1. The van der Waals surface area contributed by atoms with Crippen LogP contribution in [0.2, 0.25) is 0 Å². The standard InChI is InChI=1S/C20H17IN2O4/c1-13-16(20(25)23(22-13)15-6-4-3-5-7-15)10-14-8-9-18(17(21)11-14)27-12-19(24)26-2/h3-11H,12H2,1-2H3/b16-10+. The fourth-order valence-corrected chi connectivity index (χ4v) is 3.21. The first kappa shape index (κ1) is 19.1. The molecular weight excluding hydrogens is 459 g/mol. The van der Waals surface area contributed by atoms with Crippen molar-refractivity contribution in [1.82, 2.24) is 0 Å². The van der Waals surface area contributed by atoms with E-state index in [9.17, 15) is 9.59 Å². The Kier molecular flexibility index (Phi) is 5.90. The summed E-state index contributed by atoms with van der Waals surface area (Å²) in [5.74, 6) is -0.0293. The van der Waals surface area contributed by atoms with E-state index in [2.05, 4.69) is 32.4 Å². The van der Waals surface area contributed by atoms with E-state index >= 15 is 0 Å². The van der Waals surface area contributed by atoms with Crippen LogP contribution < -0.4 is 9.75 Å². The van der Waals surface area contributed by atoms with Gasteiger partial charge in [-0.2, -0.15) is 10.1 Å². The summed E-state index contributed by atoms with van der Waals surface area (Å²) in [6.45, 7) is 1.66. The van der Waals surface area contributed by atoms with Crippen LogP contribution in [-0.4, -0.2) is 31.3 Å². The fraction of sp³-hybridized carbons (Fsp3) is 0.150. The van der Waals surface area contributed by atoms with E-state index in [-0.39, 0.29) is 12.5 Å². The van der Waals surface area contributed by atoms with E-state index in [1.165, 1.54) is 12.1 Å². The number of esters is 1. The molecule has 0 bridgehead atoms. The van der Waals surface area contributed by atoms with Crippen molar-refractivity contribution in [2.24, 2.45) is 5.10 Å². The molecule has 6 nitrogen and oxygen atoms in total. The maximum atomic E-state index is 12.7. The number of methoxy groups -OCH3 is 1. The molecule has 1 heterocycles. The van der Waals surface area contributed by atoms with Crippen molar-refractivity contribution in [3.05, 3.63) is 63.2 Å². The van der Waals surface area contributed by atoms with E-state index in [1.54, 1.807) is 12.1 Å². The molecule has 27 heavy (non-hydrogen) atoms. The number of hydrazone groups is 1. The van der Waals surface area contributed by atoms with E-state index < -0.39 is 5.97 Å². The van der Waals surface area contributed by atoms with E-state index in [0.717, 1.165) is 14.8 Å². The molecule has 0 spiro atoms. The Balaban J connectivity index is 1.80. The number of halogens is 1. The summed E-state index contributed by atoms with van der Waals surface area (Å²) in [4.78, 5) is 23.9. The van der Waals surface area contributed by atoms with Gasteiger partial charge in [0.25, 0.3) is 5.91 Å². The first-order valence-electron chi connectivity index (χ1n) is 8.15. The van der Waals surface area contributed by atoms with Crippen LogP contribution in [0.1, 0.15) is 12.5 Å². The number of ether oxygens (including phenoxy) is 2. The summed E-state index contributed by atoms with van der Waals surface area (Å²) in [7, 11) is 1.31. The minimum atomic E-state index is -0.443. The highest BCUT2D eigenvalue weighted by atomic mass is 127. The highest BCUT2D eigenvalue weighted by molar-refractivity contribution is 14.1. The van der Waals surface area contributed by atoms with E-state index in [4.69, 9.17) is 4.74 Å². The largest absolute Gasteiger partial charge is 0.481 e. The van der Waals surface area contributed by atoms with Crippen molar-refractivity contribution in [2.45, 2.75) is 6.92 Å². The molecule has 0 fully saturated rings. The molecule has 7 heteroatoms. The topological polar surface area (TPSA) is 68.2 Å². The van der Waals surface area contributed by atoms with Crippen molar-refractivity contribution in [2.75, 3.05) is 18.7 Å². The lowest BCUT2D eigenvalue weighted by atomic mass is 10.1. The minimum Gasteiger partial charge on any atom is -0.481 e. The molecule has 2 aromatic rings. The van der Waals surface area contributed by atoms with Gasteiger partial charge in [0.1, 0.15) is 5.75 Å². The van der Waals surface area contributed by atoms with Crippen LogP contribution in [0.5, 0.6) is 5.75 Å². The predicted molar refractivity (Wildman–Crippen MR) is 112 cm³/mol. The van der Waals surface area contributed by atoms with Gasteiger partial charge in [0, 0.05) is 0 Å². The zero-order valence-electron chi connectivity index (χ0n) is 14.8. The average Bonchev–Trinajstić information content (AvgIpc) is 2.96. The maximum absolute atomic E-state index is 12.7. The van der Waals surface area contributed by atoms with Crippen LogP contribution in [-0.2, 0) is 14.3 Å². The smallest absolute Gasteiger partial charge is 0.343 e. The van der Waals surface area contributed by atoms with Crippen molar-refractivity contribution in [3.63, 3.8) is 0 Å². The molecule has 0 saturated heterocycles. The average molecular weight is 476 g/mol. The Bertz CT molecular complexity index is 938. The molecule has 0 atom stereocenters. The Morgan fingerprint density at radius 1 is 1.22 bits per heavy atom. The zero-order chi connectivity index (χ0) is 19.4. The molecule has 0 N–H and O–H groups in total. The van der Waals surface area contributed by atoms with Crippen LogP contribution in [0.4, 0.5) is 5.69 Å². The molecule has 2 aromatic carbocycles. The summed E-state index contributed by atoms with van der Waals surface area (Å²) in [6, 6.07) is 14.8. The zero-order valence-corrected chi connectivity index (χ0v) is 17.0. The molecule has 0 radical (unpaired) electrons. The lowest BCUT2D eigenvalue weighted by molar-refractivity contribution is -0.142. The van der Waals surface area contributed by atoms with E-state index in [1.807, 2.05) is 49.4 Å². The molecule has 1 aliphatic heterocycles. The van der Waals surface area contributed by atoms with Gasteiger partial charge in [0.05, 0.1) is 27.7 Å².